The Bertz CT molecular complexity index is 322. The predicted octanol–water partition coefficient (Wildman–Crippen LogP) is 2.34. The highest BCUT2D eigenvalue weighted by molar-refractivity contribution is 5.56. The van der Waals surface area contributed by atoms with Gasteiger partial charge in [0.25, 0.3) is 0 Å². The van der Waals surface area contributed by atoms with E-state index < -0.39 is 0 Å². The van der Waals surface area contributed by atoms with Gasteiger partial charge in [-0.3, -0.25) is 0 Å². The van der Waals surface area contributed by atoms with Gasteiger partial charge in [0.2, 0.25) is 0 Å². The SMILES string of the molecule is CC(O)c1ccccc1N1CCC1C. The van der Waals surface area contributed by atoms with E-state index in [9.17, 15) is 5.11 Å². The molecule has 1 aromatic rings. The lowest BCUT2D eigenvalue weighted by molar-refractivity contribution is 0.199. The molecule has 0 amide bonds. The van der Waals surface area contributed by atoms with Gasteiger partial charge < -0.3 is 10.0 Å². The van der Waals surface area contributed by atoms with E-state index in [1.807, 2.05) is 25.1 Å². The van der Waals surface area contributed by atoms with Crippen LogP contribution in [-0.4, -0.2) is 17.7 Å². The van der Waals surface area contributed by atoms with Crippen LogP contribution in [0.1, 0.15) is 31.9 Å². The van der Waals surface area contributed by atoms with Crippen LogP contribution < -0.4 is 4.90 Å². The van der Waals surface area contributed by atoms with Gasteiger partial charge in [0.15, 0.2) is 0 Å². The van der Waals surface area contributed by atoms with Gasteiger partial charge in [0, 0.05) is 23.8 Å². The summed E-state index contributed by atoms with van der Waals surface area (Å²) in [7, 11) is 0. The van der Waals surface area contributed by atoms with Crippen LogP contribution in [-0.2, 0) is 0 Å². The Labute approximate surface area is 85.2 Å². The first-order chi connectivity index (χ1) is 6.70. The number of para-hydroxylation sites is 1. The summed E-state index contributed by atoms with van der Waals surface area (Å²) in [5, 5.41) is 9.63. The van der Waals surface area contributed by atoms with Gasteiger partial charge in [-0.15, -0.1) is 0 Å². The normalized spacial score (nSPS) is 23.1. The molecule has 1 heterocycles. The average Bonchev–Trinajstić information content (AvgIpc) is 2.16. The van der Waals surface area contributed by atoms with Crippen LogP contribution in [0.25, 0.3) is 0 Å². The standard InChI is InChI=1S/C12H17NO/c1-9-7-8-13(9)12-6-4-3-5-11(12)10(2)14/h3-6,9-10,14H,7-8H2,1-2H3. The van der Waals surface area contributed by atoms with E-state index in [0.29, 0.717) is 6.04 Å². The molecule has 0 saturated carbocycles. The largest absolute Gasteiger partial charge is 0.389 e. The zero-order valence-electron chi connectivity index (χ0n) is 8.77. The Kier molecular flexibility index (Phi) is 2.46. The van der Waals surface area contributed by atoms with Crippen LogP contribution in [0, 0.1) is 0 Å². The van der Waals surface area contributed by atoms with Crippen molar-refractivity contribution in [2.24, 2.45) is 0 Å². The van der Waals surface area contributed by atoms with Gasteiger partial charge in [-0.05, 0) is 26.3 Å². The highest BCUT2D eigenvalue weighted by atomic mass is 16.3. The molecule has 1 aromatic carbocycles. The number of aliphatic hydroxyl groups is 1. The molecule has 1 saturated heterocycles. The van der Waals surface area contributed by atoms with Crippen molar-refractivity contribution in [3.8, 4) is 0 Å². The molecule has 0 bridgehead atoms. The smallest absolute Gasteiger partial charge is 0.0781 e. The van der Waals surface area contributed by atoms with Crippen molar-refractivity contribution in [3.05, 3.63) is 29.8 Å². The molecule has 1 aliphatic rings. The number of aliphatic hydroxyl groups excluding tert-OH is 1. The summed E-state index contributed by atoms with van der Waals surface area (Å²) >= 11 is 0. The Balaban J connectivity index is 2.32. The average molecular weight is 191 g/mol. The van der Waals surface area contributed by atoms with Crippen molar-refractivity contribution in [2.75, 3.05) is 11.4 Å². The quantitative estimate of drug-likeness (QED) is 0.775. The monoisotopic (exact) mass is 191 g/mol. The first kappa shape index (κ1) is 9.53. The van der Waals surface area contributed by atoms with Crippen molar-refractivity contribution in [1.29, 1.82) is 0 Å². The Morgan fingerprint density at radius 1 is 1.43 bits per heavy atom. The van der Waals surface area contributed by atoms with Crippen LogP contribution in [0.15, 0.2) is 24.3 Å². The van der Waals surface area contributed by atoms with Gasteiger partial charge in [0.1, 0.15) is 0 Å². The minimum Gasteiger partial charge on any atom is -0.389 e. The number of hydrogen-bond donors (Lipinski definition) is 1. The maximum Gasteiger partial charge on any atom is 0.0781 e. The van der Waals surface area contributed by atoms with E-state index in [1.54, 1.807) is 0 Å². The third-order valence-electron chi connectivity index (χ3n) is 3.02. The molecule has 2 atom stereocenters. The second-order valence-corrected chi connectivity index (χ2v) is 4.07. The number of hydrogen-bond acceptors (Lipinski definition) is 2. The van der Waals surface area contributed by atoms with Gasteiger partial charge >= 0.3 is 0 Å². The number of rotatable bonds is 2. The van der Waals surface area contributed by atoms with Crippen molar-refractivity contribution in [3.63, 3.8) is 0 Å². The molecule has 2 unspecified atom stereocenters. The van der Waals surface area contributed by atoms with E-state index in [0.717, 1.165) is 12.1 Å². The highest BCUT2D eigenvalue weighted by Gasteiger charge is 2.25. The summed E-state index contributed by atoms with van der Waals surface area (Å²) in [5.74, 6) is 0. The molecule has 0 aliphatic carbocycles. The maximum atomic E-state index is 9.63. The van der Waals surface area contributed by atoms with Gasteiger partial charge in [-0.2, -0.15) is 0 Å². The predicted molar refractivity (Wildman–Crippen MR) is 58.5 cm³/mol. The second kappa shape index (κ2) is 3.62. The molecule has 14 heavy (non-hydrogen) atoms. The molecular weight excluding hydrogens is 174 g/mol. The third-order valence-corrected chi connectivity index (χ3v) is 3.02. The minimum absolute atomic E-state index is 0.376. The molecule has 0 spiro atoms. The molecule has 1 aliphatic heterocycles. The summed E-state index contributed by atoms with van der Waals surface area (Å²) in [6.45, 7) is 5.16. The van der Waals surface area contributed by atoms with Gasteiger partial charge in [-0.1, -0.05) is 18.2 Å². The van der Waals surface area contributed by atoms with Crippen LogP contribution in [0.3, 0.4) is 0 Å². The van der Waals surface area contributed by atoms with E-state index in [2.05, 4.69) is 17.9 Å². The number of anilines is 1. The fourth-order valence-electron chi connectivity index (χ4n) is 1.98. The fraction of sp³-hybridized carbons (Fsp3) is 0.500. The topological polar surface area (TPSA) is 23.5 Å². The zero-order valence-corrected chi connectivity index (χ0v) is 8.77. The molecule has 76 valence electrons. The van der Waals surface area contributed by atoms with Gasteiger partial charge in [-0.25, -0.2) is 0 Å². The first-order valence-corrected chi connectivity index (χ1v) is 5.24. The molecular formula is C12H17NO. The first-order valence-electron chi connectivity index (χ1n) is 5.24. The van der Waals surface area contributed by atoms with Crippen LogP contribution >= 0.6 is 0 Å². The lowest BCUT2D eigenvalue weighted by Gasteiger charge is -2.42. The van der Waals surface area contributed by atoms with E-state index in [1.165, 1.54) is 12.1 Å². The Morgan fingerprint density at radius 3 is 2.64 bits per heavy atom. The summed E-state index contributed by atoms with van der Waals surface area (Å²) in [6, 6.07) is 8.74. The lowest BCUT2D eigenvalue weighted by atomic mass is 9.99. The Morgan fingerprint density at radius 2 is 2.14 bits per heavy atom. The van der Waals surface area contributed by atoms with Crippen LogP contribution in [0.4, 0.5) is 5.69 Å². The summed E-state index contributed by atoms with van der Waals surface area (Å²) in [5.41, 5.74) is 2.24. The maximum absolute atomic E-state index is 9.63. The van der Waals surface area contributed by atoms with Crippen molar-refractivity contribution in [1.82, 2.24) is 0 Å². The molecule has 2 nitrogen and oxygen atoms in total. The summed E-state index contributed by atoms with van der Waals surface area (Å²) < 4.78 is 0. The fourth-order valence-corrected chi connectivity index (χ4v) is 1.98. The molecule has 1 fully saturated rings. The Hall–Kier alpha value is -1.02. The molecule has 2 rings (SSSR count). The molecule has 1 N–H and O–H groups in total. The van der Waals surface area contributed by atoms with E-state index in [4.69, 9.17) is 0 Å². The van der Waals surface area contributed by atoms with E-state index >= 15 is 0 Å². The molecule has 0 aromatic heterocycles. The number of nitrogens with zero attached hydrogens (tertiary/aromatic N) is 1. The lowest BCUT2D eigenvalue weighted by Crippen LogP contribution is -2.46. The number of benzene rings is 1. The minimum atomic E-state index is -0.376. The highest BCUT2D eigenvalue weighted by Crippen LogP contribution is 2.32. The summed E-state index contributed by atoms with van der Waals surface area (Å²) in [4.78, 5) is 2.35. The van der Waals surface area contributed by atoms with E-state index in [-0.39, 0.29) is 6.10 Å². The molecule has 2 heteroatoms. The van der Waals surface area contributed by atoms with Crippen molar-refractivity contribution >= 4 is 5.69 Å². The zero-order chi connectivity index (χ0) is 10.1. The van der Waals surface area contributed by atoms with Crippen molar-refractivity contribution < 1.29 is 5.11 Å². The second-order valence-electron chi connectivity index (χ2n) is 4.07. The van der Waals surface area contributed by atoms with Crippen LogP contribution in [0.5, 0.6) is 0 Å². The van der Waals surface area contributed by atoms with Crippen molar-refractivity contribution in [2.45, 2.75) is 32.4 Å². The third kappa shape index (κ3) is 1.50. The van der Waals surface area contributed by atoms with Gasteiger partial charge in [0.05, 0.1) is 6.10 Å². The molecule has 0 radical (unpaired) electrons. The van der Waals surface area contributed by atoms with Crippen LogP contribution in [0.2, 0.25) is 0 Å². The summed E-state index contributed by atoms with van der Waals surface area (Å²) in [6.07, 6.45) is 0.882.